The number of hydrogen-bond donors (Lipinski definition) is 0. The maximum absolute atomic E-state index is 11.3. The summed E-state index contributed by atoms with van der Waals surface area (Å²) in [4.78, 5) is 17.4. The molecule has 1 aromatic rings. The molecule has 1 heterocycles. The second-order valence-electron chi connectivity index (χ2n) is 4.07. The van der Waals surface area contributed by atoms with Crippen LogP contribution in [-0.4, -0.2) is 40.1 Å². The number of aromatic nitrogens is 2. The lowest BCUT2D eigenvalue weighted by atomic mass is 10.3. The third-order valence-electron chi connectivity index (χ3n) is 2.57. The van der Waals surface area contributed by atoms with Crippen LogP contribution in [0.1, 0.15) is 19.5 Å². The maximum atomic E-state index is 11.3. The standard InChI is InChI=1S/C11H19N3O2/c1-9(2)14(7-11(15)16-4)6-10-5-12-8-13(10)3/h5,8-9H,6-7H2,1-4H3. The normalized spacial score (nSPS) is 11.1. The van der Waals surface area contributed by atoms with Crippen molar-refractivity contribution < 1.29 is 9.53 Å². The van der Waals surface area contributed by atoms with Gasteiger partial charge in [0.25, 0.3) is 0 Å². The predicted octanol–water partition coefficient (Wildman–Crippen LogP) is 0.803. The first kappa shape index (κ1) is 12.7. The molecule has 0 aliphatic carbocycles. The zero-order valence-corrected chi connectivity index (χ0v) is 10.3. The van der Waals surface area contributed by atoms with Gasteiger partial charge in [0.15, 0.2) is 0 Å². The van der Waals surface area contributed by atoms with Gasteiger partial charge >= 0.3 is 5.97 Å². The molecule has 0 unspecified atom stereocenters. The molecule has 0 aliphatic heterocycles. The molecule has 0 saturated heterocycles. The van der Waals surface area contributed by atoms with Gasteiger partial charge < -0.3 is 9.30 Å². The second-order valence-corrected chi connectivity index (χ2v) is 4.07. The minimum Gasteiger partial charge on any atom is -0.468 e. The Morgan fingerprint density at radius 2 is 2.31 bits per heavy atom. The highest BCUT2D eigenvalue weighted by Crippen LogP contribution is 2.07. The number of carbonyl (C=O) groups is 1. The largest absolute Gasteiger partial charge is 0.468 e. The summed E-state index contributed by atoms with van der Waals surface area (Å²) in [6.45, 7) is 5.11. The molecule has 0 amide bonds. The van der Waals surface area contributed by atoms with Gasteiger partial charge in [0, 0.05) is 25.8 Å². The molecule has 0 fully saturated rings. The number of hydrogen-bond acceptors (Lipinski definition) is 4. The van der Waals surface area contributed by atoms with Crippen molar-refractivity contribution >= 4 is 5.97 Å². The van der Waals surface area contributed by atoms with Gasteiger partial charge in [-0.25, -0.2) is 4.98 Å². The first-order chi connectivity index (χ1) is 7.54. The molecule has 0 spiro atoms. The number of nitrogens with zero attached hydrogens (tertiary/aromatic N) is 3. The molecule has 0 atom stereocenters. The molecule has 0 aromatic carbocycles. The van der Waals surface area contributed by atoms with Crippen LogP contribution in [0.4, 0.5) is 0 Å². The first-order valence-electron chi connectivity index (χ1n) is 5.30. The number of rotatable bonds is 5. The molecule has 0 saturated carbocycles. The van der Waals surface area contributed by atoms with Crippen molar-refractivity contribution in [3.63, 3.8) is 0 Å². The van der Waals surface area contributed by atoms with Crippen molar-refractivity contribution in [3.05, 3.63) is 18.2 Å². The zero-order valence-electron chi connectivity index (χ0n) is 10.3. The van der Waals surface area contributed by atoms with Crippen LogP contribution in [0.3, 0.4) is 0 Å². The van der Waals surface area contributed by atoms with Crippen LogP contribution in [0.5, 0.6) is 0 Å². The van der Waals surface area contributed by atoms with Crippen molar-refractivity contribution in [2.75, 3.05) is 13.7 Å². The van der Waals surface area contributed by atoms with Crippen LogP contribution in [0.2, 0.25) is 0 Å². The van der Waals surface area contributed by atoms with Crippen LogP contribution in [0.25, 0.3) is 0 Å². The third-order valence-corrected chi connectivity index (χ3v) is 2.57. The molecule has 90 valence electrons. The maximum Gasteiger partial charge on any atom is 0.319 e. The Labute approximate surface area is 96.0 Å². The van der Waals surface area contributed by atoms with E-state index in [0.29, 0.717) is 13.1 Å². The van der Waals surface area contributed by atoms with E-state index < -0.39 is 0 Å². The van der Waals surface area contributed by atoms with E-state index in [0.717, 1.165) is 5.69 Å². The molecule has 5 heteroatoms. The molecule has 0 bridgehead atoms. The SMILES string of the molecule is COC(=O)CN(Cc1cncn1C)C(C)C. The number of esters is 1. The number of aryl methyl sites for hydroxylation is 1. The molecule has 16 heavy (non-hydrogen) atoms. The van der Waals surface area contributed by atoms with Gasteiger partial charge in [-0.3, -0.25) is 9.69 Å². The van der Waals surface area contributed by atoms with Crippen molar-refractivity contribution in [2.24, 2.45) is 7.05 Å². The Balaban J connectivity index is 2.65. The smallest absolute Gasteiger partial charge is 0.319 e. The minimum absolute atomic E-state index is 0.212. The molecule has 0 N–H and O–H groups in total. The summed E-state index contributed by atoms with van der Waals surface area (Å²) >= 11 is 0. The van der Waals surface area contributed by atoms with Crippen LogP contribution < -0.4 is 0 Å². The van der Waals surface area contributed by atoms with Gasteiger partial charge in [0.1, 0.15) is 0 Å². The van der Waals surface area contributed by atoms with Gasteiger partial charge in [-0.05, 0) is 13.8 Å². The van der Waals surface area contributed by atoms with Crippen molar-refractivity contribution in [3.8, 4) is 0 Å². The summed E-state index contributed by atoms with van der Waals surface area (Å²) in [6, 6.07) is 0.286. The predicted molar refractivity (Wildman–Crippen MR) is 60.8 cm³/mol. The van der Waals surface area contributed by atoms with Crippen LogP contribution >= 0.6 is 0 Å². The monoisotopic (exact) mass is 225 g/mol. The number of ether oxygens (including phenoxy) is 1. The highest BCUT2D eigenvalue weighted by Gasteiger charge is 2.15. The van der Waals surface area contributed by atoms with Gasteiger partial charge in [-0.2, -0.15) is 0 Å². The molecule has 5 nitrogen and oxygen atoms in total. The highest BCUT2D eigenvalue weighted by molar-refractivity contribution is 5.71. The van der Waals surface area contributed by atoms with E-state index in [9.17, 15) is 4.79 Å². The molecular weight excluding hydrogens is 206 g/mol. The fraction of sp³-hybridized carbons (Fsp3) is 0.636. The van der Waals surface area contributed by atoms with Crippen molar-refractivity contribution in [1.29, 1.82) is 0 Å². The Morgan fingerprint density at radius 3 is 2.75 bits per heavy atom. The second kappa shape index (κ2) is 5.65. The zero-order chi connectivity index (χ0) is 12.1. The van der Waals surface area contributed by atoms with Gasteiger partial charge in [-0.15, -0.1) is 0 Å². The Bertz CT molecular complexity index is 347. The van der Waals surface area contributed by atoms with Crippen LogP contribution in [-0.2, 0) is 23.1 Å². The first-order valence-corrected chi connectivity index (χ1v) is 5.30. The van der Waals surface area contributed by atoms with Crippen molar-refractivity contribution in [1.82, 2.24) is 14.5 Å². The molecular formula is C11H19N3O2. The lowest BCUT2D eigenvalue weighted by molar-refractivity contribution is -0.142. The lowest BCUT2D eigenvalue weighted by Gasteiger charge is -2.24. The van der Waals surface area contributed by atoms with E-state index in [2.05, 4.69) is 23.6 Å². The Morgan fingerprint density at radius 1 is 1.62 bits per heavy atom. The Kier molecular flexibility index (Phi) is 4.49. The lowest BCUT2D eigenvalue weighted by Crippen LogP contribution is -2.36. The molecule has 1 rings (SSSR count). The summed E-state index contributed by atoms with van der Waals surface area (Å²) in [6.07, 6.45) is 3.57. The quantitative estimate of drug-likeness (QED) is 0.696. The number of imidazole rings is 1. The summed E-state index contributed by atoms with van der Waals surface area (Å²) in [7, 11) is 3.35. The van der Waals surface area contributed by atoms with E-state index in [1.165, 1.54) is 7.11 Å². The summed E-state index contributed by atoms with van der Waals surface area (Å²) in [5, 5.41) is 0. The fourth-order valence-electron chi connectivity index (χ4n) is 1.40. The van der Waals surface area contributed by atoms with E-state index in [4.69, 9.17) is 0 Å². The van der Waals surface area contributed by atoms with Gasteiger partial charge in [0.05, 0.1) is 25.7 Å². The van der Waals surface area contributed by atoms with E-state index >= 15 is 0 Å². The Hall–Kier alpha value is -1.36. The average Bonchev–Trinajstić information content (AvgIpc) is 2.63. The summed E-state index contributed by atoms with van der Waals surface area (Å²) in [5.74, 6) is -0.212. The fourth-order valence-corrected chi connectivity index (χ4v) is 1.40. The van der Waals surface area contributed by atoms with Gasteiger partial charge in [0.2, 0.25) is 0 Å². The summed E-state index contributed by atoms with van der Waals surface area (Å²) in [5.41, 5.74) is 1.08. The average molecular weight is 225 g/mol. The molecule has 1 aromatic heterocycles. The third kappa shape index (κ3) is 3.34. The number of carbonyl (C=O) groups excluding carboxylic acids is 1. The van der Waals surface area contributed by atoms with E-state index in [1.54, 1.807) is 6.33 Å². The van der Waals surface area contributed by atoms with Crippen LogP contribution in [0, 0.1) is 0 Å². The molecule has 0 radical (unpaired) electrons. The minimum atomic E-state index is -0.212. The van der Waals surface area contributed by atoms with E-state index in [1.807, 2.05) is 22.7 Å². The number of methoxy groups -OCH3 is 1. The van der Waals surface area contributed by atoms with Gasteiger partial charge in [-0.1, -0.05) is 0 Å². The molecule has 0 aliphatic rings. The van der Waals surface area contributed by atoms with Crippen molar-refractivity contribution in [2.45, 2.75) is 26.4 Å². The topological polar surface area (TPSA) is 47.4 Å². The highest BCUT2D eigenvalue weighted by atomic mass is 16.5. The summed E-state index contributed by atoms with van der Waals surface area (Å²) < 4.78 is 6.63. The van der Waals surface area contributed by atoms with E-state index in [-0.39, 0.29) is 12.0 Å². The van der Waals surface area contributed by atoms with Crippen LogP contribution in [0.15, 0.2) is 12.5 Å².